The molecule has 1 heteroatoms. The zero-order valence-corrected chi connectivity index (χ0v) is 14.8. The van der Waals surface area contributed by atoms with Crippen LogP contribution in [0.4, 0.5) is 0 Å². The van der Waals surface area contributed by atoms with Crippen molar-refractivity contribution in [3.05, 3.63) is 77.9 Å². The first-order valence-corrected chi connectivity index (χ1v) is 8.56. The Kier molecular flexibility index (Phi) is 3.28. The topological polar surface area (TPSA) is 4.93 Å². The molecule has 0 saturated carbocycles. The fourth-order valence-electron chi connectivity index (χ4n) is 3.83. The van der Waals surface area contributed by atoms with E-state index in [1.165, 1.54) is 38.6 Å². The summed E-state index contributed by atoms with van der Waals surface area (Å²) in [7, 11) is 0. The van der Waals surface area contributed by atoms with Gasteiger partial charge in [-0.2, -0.15) is 0 Å². The summed E-state index contributed by atoms with van der Waals surface area (Å²) in [6.07, 6.45) is 0. The van der Waals surface area contributed by atoms with Crippen molar-refractivity contribution in [1.29, 1.82) is 0 Å². The summed E-state index contributed by atoms with van der Waals surface area (Å²) in [4.78, 5) is 0. The van der Waals surface area contributed by atoms with Gasteiger partial charge in [0.2, 0.25) is 0 Å². The van der Waals surface area contributed by atoms with E-state index in [4.69, 9.17) is 0 Å². The molecule has 0 aliphatic heterocycles. The molecule has 0 amide bonds. The molecule has 0 bridgehead atoms. The van der Waals surface area contributed by atoms with Crippen molar-refractivity contribution in [3.63, 3.8) is 0 Å². The second-order valence-electron chi connectivity index (χ2n) is 7.62. The Bertz CT molecular complexity index is 991. The van der Waals surface area contributed by atoms with Crippen LogP contribution < -0.4 is 0 Å². The van der Waals surface area contributed by atoms with Gasteiger partial charge in [-0.25, -0.2) is 0 Å². The number of fused-ring (bicyclic) bond motifs is 3. The van der Waals surface area contributed by atoms with Gasteiger partial charge >= 0.3 is 0 Å². The molecule has 0 unspecified atom stereocenters. The van der Waals surface area contributed by atoms with Crippen LogP contribution in [0, 0.1) is 6.92 Å². The Hall–Kier alpha value is -2.54. The Morgan fingerprint density at radius 3 is 1.75 bits per heavy atom. The largest absolute Gasteiger partial charge is 0.309 e. The number of benzene rings is 3. The predicted molar refractivity (Wildman–Crippen MR) is 104 cm³/mol. The Balaban J connectivity index is 2.04. The van der Waals surface area contributed by atoms with E-state index in [9.17, 15) is 0 Å². The lowest BCUT2D eigenvalue weighted by molar-refractivity contribution is 0.586. The van der Waals surface area contributed by atoms with E-state index in [1.54, 1.807) is 0 Å². The Morgan fingerprint density at radius 2 is 1.25 bits per heavy atom. The molecule has 4 aromatic rings. The van der Waals surface area contributed by atoms with Crippen LogP contribution in [0.1, 0.15) is 31.9 Å². The van der Waals surface area contributed by atoms with Crippen LogP contribution in [-0.2, 0) is 5.41 Å². The fourth-order valence-corrected chi connectivity index (χ4v) is 3.83. The predicted octanol–water partition coefficient (Wildman–Crippen LogP) is 6.39. The molecule has 4 rings (SSSR count). The molecule has 0 spiro atoms. The zero-order valence-electron chi connectivity index (χ0n) is 14.8. The zero-order chi connectivity index (χ0) is 16.9. The molecule has 0 fully saturated rings. The van der Waals surface area contributed by atoms with Gasteiger partial charge in [-0.1, -0.05) is 63.2 Å². The highest BCUT2D eigenvalue weighted by molar-refractivity contribution is 6.09. The highest BCUT2D eigenvalue weighted by atomic mass is 15.0. The lowest BCUT2D eigenvalue weighted by atomic mass is 9.84. The first-order valence-electron chi connectivity index (χ1n) is 8.56. The summed E-state index contributed by atoms with van der Waals surface area (Å²) in [5, 5.41) is 2.62. The highest BCUT2D eigenvalue weighted by Crippen LogP contribution is 2.33. The first-order chi connectivity index (χ1) is 11.5. The molecule has 0 atom stereocenters. The van der Waals surface area contributed by atoms with Gasteiger partial charge in [0, 0.05) is 16.5 Å². The normalized spacial score (nSPS) is 12.2. The number of hydrogen-bond acceptors (Lipinski definition) is 0. The number of para-hydroxylation sites is 2. The molecule has 0 aliphatic rings. The Labute approximate surface area is 143 Å². The summed E-state index contributed by atoms with van der Waals surface area (Å²) >= 11 is 0. The fraction of sp³-hybridized carbons (Fsp3) is 0.217. The quantitative estimate of drug-likeness (QED) is 0.384. The minimum atomic E-state index is 0.170. The van der Waals surface area contributed by atoms with Gasteiger partial charge in [-0.15, -0.1) is 0 Å². The van der Waals surface area contributed by atoms with Crippen LogP contribution in [0.15, 0.2) is 66.7 Å². The van der Waals surface area contributed by atoms with Gasteiger partial charge in [0.05, 0.1) is 11.0 Å². The molecule has 120 valence electrons. The van der Waals surface area contributed by atoms with Crippen molar-refractivity contribution in [1.82, 2.24) is 4.57 Å². The number of nitrogens with zero attached hydrogens (tertiary/aromatic N) is 1. The van der Waals surface area contributed by atoms with E-state index in [-0.39, 0.29) is 5.41 Å². The summed E-state index contributed by atoms with van der Waals surface area (Å²) in [6.45, 7) is 9.04. The summed E-state index contributed by atoms with van der Waals surface area (Å²) < 4.78 is 2.38. The molecule has 1 heterocycles. The molecule has 24 heavy (non-hydrogen) atoms. The third-order valence-electron chi connectivity index (χ3n) is 4.86. The van der Waals surface area contributed by atoms with Crippen molar-refractivity contribution in [2.45, 2.75) is 33.1 Å². The SMILES string of the molecule is Cc1cc(-n2c3ccccc3c3ccccc32)ccc1C(C)(C)C. The average molecular weight is 313 g/mol. The third kappa shape index (κ3) is 2.24. The lowest BCUT2D eigenvalue weighted by Gasteiger charge is -2.22. The number of rotatable bonds is 1. The van der Waals surface area contributed by atoms with Crippen LogP contribution in [-0.4, -0.2) is 4.57 Å². The maximum absolute atomic E-state index is 2.38. The van der Waals surface area contributed by atoms with E-state index >= 15 is 0 Å². The maximum atomic E-state index is 2.38. The summed E-state index contributed by atoms with van der Waals surface area (Å²) in [6, 6.07) is 24.2. The van der Waals surface area contributed by atoms with Gasteiger partial charge in [-0.3, -0.25) is 0 Å². The standard InChI is InChI=1S/C23H23N/c1-16-15-17(13-14-20(16)23(2,3)4)24-21-11-7-5-9-18(21)19-10-6-8-12-22(19)24/h5-15H,1-4H3. The lowest BCUT2D eigenvalue weighted by Crippen LogP contribution is -2.13. The molecule has 1 nitrogen and oxygen atoms in total. The van der Waals surface area contributed by atoms with Crippen LogP contribution >= 0.6 is 0 Å². The molecular weight excluding hydrogens is 290 g/mol. The van der Waals surface area contributed by atoms with Crippen LogP contribution in [0.5, 0.6) is 0 Å². The van der Waals surface area contributed by atoms with E-state index in [0.717, 1.165) is 0 Å². The van der Waals surface area contributed by atoms with Gasteiger partial charge in [-0.05, 0) is 47.7 Å². The first kappa shape index (κ1) is 15.0. The number of hydrogen-bond donors (Lipinski definition) is 0. The third-order valence-corrected chi connectivity index (χ3v) is 4.86. The molecule has 0 radical (unpaired) electrons. The monoisotopic (exact) mass is 313 g/mol. The molecule has 1 aromatic heterocycles. The maximum Gasteiger partial charge on any atom is 0.0541 e. The van der Waals surface area contributed by atoms with Gasteiger partial charge in [0.25, 0.3) is 0 Å². The van der Waals surface area contributed by atoms with E-state index in [1.807, 2.05) is 0 Å². The highest BCUT2D eigenvalue weighted by Gasteiger charge is 2.17. The van der Waals surface area contributed by atoms with Crippen LogP contribution in [0.25, 0.3) is 27.5 Å². The second-order valence-corrected chi connectivity index (χ2v) is 7.62. The Morgan fingerprint density at radius 1 is 0.708 bits per heavy atom. The summed E-state index contributed by atoms with van der Waals surface area (Å²) in [5.74, 6) is 0. The van der Waals surface area contributed by atoms with Crippen LogP contribution in [0.3, 0.4) is 0 Å². The van der Waals surface area contributed by atoms with Crippen molar-refractivity contribution >= 4 is 21.8 Å². The average Bonchev–Trinajstić information content (AvgIpc) is 2.88. The van der Waals surface area contributed by atoms with Crippen molar-refractivity contribution in [2.75, 3.05) is 0 Å². The minimum absolute atomic E-state index is 0.170. The van der Waals surface area contributed by atoms with Gasteiger partial charge in [0.1, 0.15) is 0 Å². The number of aryl methyl sites for hydroxylation is 1. The second kappa shape index (κ2) is 5.24. The summed E-state index contributed by atoms with van der Waals surface area (Å²) in [5.41, 5.74) is 6.69. The molecule has 0 saturated heterocycles. The van der Waals surface area contributed by atoms with Crippen molar-refractivity contribution in [3.8, 4) is 5.69 Å². The molecule has 3 aromatic carbocycles. The van der Waals surface area contributed by atoms with Crippen molar-refractivity contribution in [2.24, 2.45) is 0 Å². The molecule has 0 aliphatic carbocycles. The van der Waals surface area contributed by atoms with Crippen LogP contribution in [0.2, 0.25) is 0 Å². The number of aromatic nitrogens is 1. The van der Waals surface area contributed by atoms with Gasteiger partial charge < -0.3 is 4.57 Å². The van der Waals surface area contributed by atoms with E-state index in [0.29, 0.717) is 0 Å². The minimum Gasteiger partial charge on any atom is -0.309 e. The van der Waals surface area contributed by atoms with Crippen molar-refractivity contribution < 1.29 is 0 Å². The van der Waals surface area contributed by atoms with E-state index in [2.05, 4.69) is 99.0 Å². The molecule has 0 N–H and O–H groups in total. The van der Waals surface area contributed by atoms with Gasteiger partial charge in [0.15, 0.2) is 0 Å². The smallest absolute Gasteiger partial charge is 0.0541 e. The van der Waals surface area contributed by atoms with E-state index < -0.39 is 0 Å². The molecular formula is C23H23N.